The molecule has 0 amide bonds. The minimum absolute atomic E-state index is 0.419. The maximum Gasteiger partial charge on any atom is 0.224 e. The molecule has 1 aromatic carbocycles. The van der Waals surface area contributed by atoms with Gasteiger partial charge in [0.05, 0.1) is 5.52 Å². The van der Waals surface area contributed by atoms with E-state index in [0.717, 1.165) is 16.5 Å². The molecule has 1 aliphatic heterocycles. The number of rotatable bonds is 2. The number of anilines is 1. The van der Waals surface area contributed by atoms with Gasteiger partial charge in [-0.25, -0.2) is 9.97 Å². The second kappa shape index (κ2) is 4.13. The van der Waals surface area contributed by atoms with Crippen LogP contribution in [0.3, 0.4) is 0 Å². The minimum Gasteiger partial charge on any atom is -0.336 e. The maximum absolute atomic E-state index is 4.56. The molecule has 1 unspecified atom stereocenters. The van der Waals surface area contributed by atoms with Crippen LogP contribution < -0.4 is 5.32 Å². The van der Waals surface area contributed by atoms with Crippen LogP contribution in [-0.2, 0) is 0 Å². The van der Waals surface area contributed by atoms with Crippen molar-refractivity contribution in [3.63, 3.8) is 0 Å². The molecule has 0 saturated carbocycles. The lowest BCUT2D eigenvalue weighted by Crippen LogP contribution is -2.39. The molecule has 0 bridgehead atoms. The third kappa shape index (κ3) is 1.66. The Morgan fingerprint density at radius 3 is 3.05 bits per heavy atom. The molecule has 0 radical (unpaired) electrons. The van der Waals surface area contributed by atoms with Gasteiger partial charge in [-0.1, -0.05) is 36.4 Å². The van der Waals surface area contributed by atoms with Gasteiger partial charge in [0.2, 0.25) is 5.95 Å². The summed E-state index contributed by atoms with van der Waals surface area (Å²) in [5.41, 5.74) is 1.60. The average molecular weight is 260 g/mol. The maximum atomic E-state index is 4.56. The van der Waals surface area contributed by atoms with E-state index in [-0.39, 0.29) is 0 Å². The van der Waals surface area contributed by atoms with E-state index in [1.165, 1.54) is 0 Å². The molecule has 4 rings (SSSR count). The van der Waals surface area contributed by atoms with Crippen molar-refractivity contribution < 1.29 is 0 Å². The first-order chi connectivity index (χ1) is 9.86. The zero-order chi connectivity index (χ0) is 13.4. The molecule has 2 heterocycles. The molecular weight excluding hydrogens is 248 g/mol. The summed E-state index contributed by atoms with van der Waals surface area (Å²) in [5, 5.41) is 4.40. The molecule has 4 nitrogen and oxygen atoms in total. The van der Waals surface area contributed by atoms with Gasteiger partial charge in [0.25, 0.3) is 0 Å². The highest BCUT2D eigenvalue weighted by molar-refractivity contribution is 5.88. The van der Waals surface area contributed by atoms with Gasteiger partial charge in [0, 0.05) is 29.6 Å². The van der Waals surface area contributed by atoms with Crippen molar-refractivity contribution in [2.45, 2.75) is 5.54 Å². The normalized spacial score (nSPS) is 22.9. The van der Waals surface area contributed by atoms with E-state index in [1.807, 2.05) is 61.1 Å². The summed E-state index contributed by atoms with van der Waals surface area (Å²) >= 11 is 0. The molecule has 1 aliphatic carbocycles. The molecule has 96 valence electrons. The van der Waals surface area contributed by atoms with Crippen LogP contribution in [0.2, 0.25) is 0 Å². The first kappa shape index (κ1) is 11.1. The van der Waals surface area contributed by atoms with Crippen LogP contribution in [-0.4, -0.2) is 21.7 Å². The van der Waals surface area contributed by atoms with Crippen molar-refractivity contribution in [2.75, 3.05) is 5.32 Å². The summed E-state index contributed by atoms with van der Waals surface area (Å²) in [6, 6.07) is 7.94. The van der Waals surface area contributed by atoms with Crippen LogP contribution in [0.4, 0.5) is 5.95 Å². The monoisotopic (exact) mass is 260 g/mol. The van der Waals surface area contributed by atoms with Crippen LogP contribution in [0.15, 0.2) is 71.5 Å². The Labute approximate surface area is 116 Å². The van der Waals surface area contributed by atoms with E-state index in [0.29, 0.717) is 5.95 Å². The van der Waals surface area contributed by atoms with Gasteiger partial charge < -0.3 is 5.32 Å². The van der Waals surface area contributed by atoms with Gasteiger partial charge in [-0.05, 0) is 12.1 Å². The fraction of sp³-hybridized carbons (Fsp3) is 0.0625. The van der Waals surface area contributed by atoms with Gasteiger partial charge in [0.15, 0.2) is 0 Å². The molecule has 20 heavy (non-hydrogen) atoms. The number of nitrogens with one attached hydrogen (secondary N) is 1. The SMILES string of the molecule is C1=CC2=CN=CC2(Nc2ncc3ccccc3n2)C=C1. The molecule has 2 aliphatic rings. The number of aliphatic imine (C=N–C) groups is 1. The standard InChI is InChI=1S/C16H12N4/c1-2-7-14-12(5-1)9-18-15(19-14)20-16-8-4-3-6-13(16)10-17-11-16/h1-11H,(H,18,19,20). The number of para-hydroxylation sites is 1. The van der Waals surface area contributed by atoms with Crippen molar-refractivity contribution in [2.24, 2.45) is 4.99 Å². The summed E-state index contributed by atoms with van der Waals surface area (Å²) < 4.78 is 0. The average Bonchev–Trinajstić information content (AvgIpc) is 2.90. The topological polar surface area (TPSA) is 50.2 Å². The van der Waals surface area contributed by atoms with Crippen LogP contribution >= 0.6 is 0 Å². The van der Waals surface area contributed by atoms with E-state index in [2.05, 4.69) is 26.4 Å². The Morgan fingerprint density at radius 2 is 2.05 bits per heavy atom. The Bertz CT molecular complexity index is 801. The van der Waals surface area contributed by atoms with E-state index in [9.17, 15) is 0 Å². The molecule has 1 aromatic heterocycles. The lowest BCUT2D eigenvalue weighted by Gasteiger charge is -2.27. The van der Waals surface area contributed by atoms with E-state index in [4.69, 9.17) is 0 Å². The van der Waals surface area contributed by atoms with Crippen LogP contribution in [0.5, 0.6) is 0 Å². The highest BCUT2D eigenvalue weighted by atomic mass is 15.2. The Balaban J connectivity index is 1.74. The Kier molecular flexibility index (Phi) is 2.29. The number of fused-ring (bicyclic) bond motifs is 2. The van der Waals surface area contributed by atoms with Crippen molar-refractivity contribution in [1.29, 1.82) is 0 Å². The summed E-state index contributed by atoms with van der Waals surface area (Å²) in [6.07, 6.45) is 13.7. The lowest BCUT2D eigenvalue weighted by molar-refractivity contribution is 0.906. The second-order valence-corrected chi connectivity index (χ2v) is 4.83. The first-order valence-corrected chi connectivity index (χ1v) is 6.47. The van der Waals surface area contributed by atoms with E-state index in [1.54, 1.807) is 0 Å². The Morgan fingerprint density at radius 1 is 1.10 bits per heavy atom. The van der Waals surface area contributed by atoms with E-state index >= 15 is 0 Å². The van der Waals surface area contributed by atoms with Crippen molar-refractivity contribution >= 4 is 23.1 Å². The zero-order valence-corrected chi connectivity index (χ0v) is 10.7. The van der Waals surface area contributed by atoms with Crippen molar-refractivity contribution in [3.8, 4) is 0 Å². The molecule has 4 heteroatoms. The third-order valence-electron chi connectivity index (χ3n) is 3.52. The van der Waals surface area contributed by atoms with Gasteiger partial charge in [-0.15, -0.1) is 0 Å². The summed E-state index contributed by atoms with van der Waals surface area (Å²) in [5.74, 6) is 0.600. The first-order valence-electron chi connectivity index (χ1n) is 6.47. The van der Waals surface area contributed by atoms with Crippen LogP contribution in [0.1, 0.15) is 0 Å². The predicted molar refractivity (Wildman–Crippen MR) is 80.7 cm³/mol. The second-order valence-electron chi connectivity index (χ2n) is 4.83. The quantitative estimate of drug-likeness (QED) is 0.903. The highest BCUT2D eigenvalue weighted by Gasteiger charge is 2.33. The number of hydrogen-bond donors (Lipinski definition) is 1. The Hall–Kier alpha value is -2.75. The van der Waals surface area contributed by atoms with Crippen molar-refractivity contribution in [3.05, 3.63) is 66.5 Å². The van der Waals surface area contributed by atoms with Crippen LogP contribution in [0.25, 0.3) is 10.9 Å². The largest absolute Gasteiger partial charge is 0.336 e. The van der Waals surface area contributed by atoms with E-state index < -0.39 is 5.54 Å². The molecule has 1 N–H and O–H groups in total. The van der Waals surface area contributed by atoms with Gasteiger partial charge >= 0.3 is 0 Å². The predicted octanol–water partition coefficient (Wildman–Crippen LogP) is 2.87. The van der Waals surface area contributed by atoms with Crippen molar-refractivity contribution in [1.82, 2.24) is 9.97 Å². The molecule has 0 saturated heterocycles. The number of hydrogen-bond acceptors (Lipinski definition) is 4. The third-order valence-corrected chi connectivity index (χ3v) is 3.52. The summed E-state index contributed by atoms with van der Waals surface area (Å²) in [4.78, 5) is 13.2. The molecule has 0 fully saturated rings. The van der Waals surface area contributed by atoms with Gasteiger partial charge in [-0.2, -0.15) is 0 Å². The zero-order valence-electron chi connectivity index (χ0n) is 10.7. The fourth-order valence-electron chi connectivity index (χ4n) is 2.47. The smallest absolute Gasteiger partial charge is 0.224 e. The number of benzene rings is 1. The van der Waals surface area contributed by atoms with Gasteiger partial charge in [-0.3, -0.25) is 4.99 Å². The summed E-state index contributed by atoms with van der Waals surface area (Å²) in [6.45, 7) is 0. The summed E-state index contributed by atoms with van der Waals surface area (Å²) in [7, 11) is 0. The molecule has 2 aromatic rings. The molecule has 0 spiro atoms. The fourth-order valence-corrected chi connectivity index (χ4v) is 2.47. The minimum atomic E-state index is -0.419. The molecular formula is C16H12N4. The highest BCUT2D eigenvalue weighted by Crippen LogP contribution is 2.29. The van der Waals surface area contributed by atoms with Gasteiger partial charge in [0.1, 0.15) is 5.54 Å². The lowest BCUT2D eigenvalue weighted by atomic mass is 9.89. The number of aromatic nitrogens is 2. The number of allylic oxidation sites excluding steroid dienone is 2. The number of nitrogens with zero attached hydrogens (tertiary/aromatic N) is 3. The molecule has 1 atom stereocenters. The van der Waals surface area contributed by atoms with Crippen LogP contribution in [0, 0.1) is 0 Å².